The Balaban J connectivity index is 1.58. The molecule has 1 aliphatic heterocycles. The number of urea groups is 1. The van der Waals surface area contributed by atoms with Gasteiger partial charge >= 0.3 is 6.03 Å². The van der Waals surface area contributed by atoms with Crippen molar-refractivity contribution in [2.45, 2.75) is 12.6 Å². The molecular formula is C21H27ClN4O. The molecule has 1 atom stereocenters. The minimum absolute atomic E-state index is 0.0418. The Hall–Kier alpha value is -2.08. The Morgan fingerprint density at radius 1 is 1.04 bits per heavy atom. The second-order valence-corrected chi connectivity index (χ2v) is 7.46. The zero-order valence-corrected chi connectivity index (χ0v) is 16.5. The Morgan fingerprint density at radius 3 is 2.37 bits per heavy atom. The van der Waals surface area contributed by atoms with Crippen LogP contribution in [0.15, 0.2) is 54.6 Å². The molecule has 0 spiro atoms. The van der Waals surface area contributed by atoms with Crippen molar-refractivity contribution in [3.05, 3.63) is 70.7 Å². The zero-order valence-electron chi connectivity index (χ0n) is 15.7. The van der Waals surface area contributed by atoms with E-state index in [1.54, 1.807) is 0 Å². The van der Waals surface area contributed by atoms with Crippen LogP contribution in [0.2, 0.25) is 5.02 Å². The molecule has 1 saturated heterocycles. The van der Waals surface area contributed by atoms with Gasteiger partial charge in [0.25, 0.3) is 0 Å². The first-order chi connectivity index (χ1) is 13.1. The molecule has 2 aromatic rings. The molecule has 144 valence electrons. The van der Waals surface area contributed by atoms with E-state index in [1.807, 2.05) is 42.5 Å². The predicted molar refractivity (Wildman–Crippen MR) is 110 cm³/mol. The van der Waals surface area contributed by atoms with Crippen LogP contribution >= 0.6 is 11.6 Å². The highest BCUT2D eigenvalue weighted by Gasteiger charge is 2.21. The van der Waals surface area contributed by atoms with Crippen LogP contribution in [0.3, 0.4) is 0 Å². The number of nitrogens with one attached hydrogen (secondary N) is 2. The first-order valence-electron chi connectivity index (χ1n) is 9.35. The Bertz CT molecular complexity index is 715. The van der Waals surface area contributed by atoms with Gasteiger partial charge in [0.15, 0.2) is 0 Å². The number of rotatable bonds is 6. The van der Waals surface area contributed by atoms with Crippen molar-refractivity contribution < 1.29 is 4.79 Å². The second-order valence-electron chi connectivity index (χ2n) is 7.02. The fourth-order valence-electron chi connectivity index (χ4n) is 3.20. The lowest BCUT2D eigenvalue weighted by Gasteiger charge is -2.35. The molecule has 1 fully saturated rings. The number of amides is 2. The summed E-state index contributed by atoms with van der Waals surface area (Å²) in [6.07, 6.45) is 0. The third kappa shape index (κ3) is 6.24. The summed E-state index contributed by atoms with van der Waals surface area (Å²) in [5, 5.41) is 6.78. The topological polar surface area (TPSA) is 47.6 Å². The molecule has 6 heteroatoms. The third-order valence-corrected chi connectivity index (χ3v) is 5.16. The van der Waals surface area contributed by atoms with Crippen molar-refractivity contribution in [1.82, 2.24) is 20.4 Å². The highest BCUT2D eigenvalue weighted by molar-refractivity contribution is 6.30. The van der Waals surface area contributed by atoms with Crippen LogP contribution in [0.4, 0.5) is 4.79 Å². The summed E-state index contributed by atoms with van der Waals surface area (Å²) < 4.78 is 0. The highest BCUT2D eigenvalue weighted by atomic mass is 35.5. The number of hydrogen-bond acceptors (Lipinski definition) is 3. The fourth-order valence-corrected chi connectivity index (χ4v) is 3.33. The van der Waals surface area contributed by atoms with Gasteiger partial charge in [0.05, 0.1) is 6.04 Å². The molecule has 1 heterocycles. The largest absolute Gasteiger partial charge is 0.334 e. The van der Waals surface area contributed by atoms with Gasteiger partial charge in [-0.05, 0) is 30.3 Å². The molecule has 0 radical (unpaired) electrons. The number of piperazine rings is 1. The first kappa shape index (κ1) is 19.7. The molecule has 2 aromatic carbocycles. The average Bonchev–Trinajstić information content (AvgIpc) is 2.69. The number of hydrogen-bond donors (Lipinski definition) is 2. The zero-order chi connectivity index (χ0) is 19.1. The summed E-state index contributed by atoms with van der Waals surface area (Å²) in [5.41, 5.74) is 2.14. The van der Waals surface area contributed by atoms with Crippen molar-refractivity contribution in [3.63, 3.8) is 0 Å². The lowest BCUT2D eigenvalue weighted by atomic mass is 10.1. The van der Waals surface area contributed by atoms with Crippen molar-refractivity contribution in [2.75, 3.05) is 39.8 Å². The smallest absolute Gasteiger partial charge is 0.315 e. The molecule has 5 nitrogen and oxygen atoms in total. The fraction of sp³-hybridized carbons (Fsp3) is 0.381. The van der Waals surface area contributed by atoms with Gasteiger partial charge < -0.3 is 15.5 Å². The van der Waals surface area contributed by atoms with Crippen molar-refractivity contribution in [2.24, 2.45) is 0 Å². The van der Waals surface area contributed by atoms with Crippen molar-refractivity contribution >= 4 is 17.6 Å². The van der Waals surface area contributed by atoms with Gasteiger partial charge in [0.2, 0.25) is 0 Å². The molecule has 3 rings (SSSR count). The first-order valence-corrected chi connectivity index (χ1v) is 9.72. The van der Waals surface area contributed by atoms with Gasteiger partial charge in [0, 0.05) is 44.3 Å². The average molecular weight is 387 g/mol. The van der Waals surface area contributed by atoms with E-state index in [4.69, 9.17) is 11.6 Å². The summed E-state index contributed by atoms with van der Waals surface area (Å²) >= 11 is 5.91. The standard InChI is InChI=1S/C21H27ClN4O/c1-25-11-13-26(14-12-25)16-20(18-5-3-2-4-6-18)24-21(27)23-15-17-7-9-19(22)10-8-17/h2-10,20H,11-16H2,1H3,(H2,23,24,27). The lowest BCUT2D eigenvalue weighted by molar-refractivity contribution is 0.142. The molecule has 0 bridgehead atoms. The molecule has 0 saturated carbocycles. The van der Waals surface area contributed by atoms with E-state index < -0.39 is 0 Å². The minimum Gasteiger partial charge on any atom is -0.334 e. The minimum atomic E-state index is -0.159. The summed E-state index contributed by atoms with van der Waals surface area (Å²) in [6, 6.07) is 17.5. The summed E-state index contributed by atoms with van der Waals surface area (Å²) in [4.78, 5) is 17.2. The molecule has 2 N–H and O–H groups in total. The third-order valence-electron chi connectivity index (χ3n) is 4.91. The predicted octanol–water partition coefficient (Wildman–Crippen LogP) is 3.13. The van der Waals surface area contributed by atoms with E-state index in [9.17, 15) is 4.79 Å². The molecule has 1 aliphatic rings. The number of halogens is 1. The summed E-state index contributed by atoms with van der Waals surface area (Å²) in [6.45, 7) is 5.45. The van der Waals surface area contributed by atoms with Gasteiger partial charge in [-0.1, -0.05) is 54.1 Å². The van der Waals surface area contributed by atoms with E-state index in [1.165, 1.54) is 0 Å². The lowest BCUT2D eigenvalue weighted by Crippen LogP contribution is -2.48. The molecule has 1 unspecified atom stereocenters. The maximum atomic E-state index is 12.5. The second kappa shape index (κ2) is 9.74. The van der Waals surface area contributed by atoms with E-state index >= 15 is 0 Å². The van der Waals surface area contributed by atoms with Crippen LogP contribution < -0.4 is 10.6 Å². The molecular weight excluding hydrogens is 360 g/mol. The number of carbonyl (C=O) groups excluding carboxylic acids is 1. The van der Waals surface area contributed by atoms with E-state index in [0.717, 1.165) is 43.9 Å². The van der Waals surface area contributed by atoms with Gasteiger partial charge in [0.1, 0.15) is 0 Å². The van der Waals surface area contributed by atoms with Crippen molar-refractivity contribution in [3.8, 4) is 0 Å². The SMILES string of the molecule is CN1CCN(CC(NC(=O)NCc2ccc(Cl)cc2)c2ccccc2)CC1. The highest BCUT2D eigenvalue weighted by Crippen LogP contribution is 2.15. The van der Waals surface area contributed by atoms with Crippen LogP contribution in [0, 0.1) is 0 Å². The van der Waals surface area contributed by atoms with Crippen LogP contribution in [-0.4, -0.2) is 55.6 Å². The number of benzene rings is 2. The molecule has 27 heavy (non-hydrogen) atoms. The maximum Gasteiger partial charge on any atom is 0.315 e. The quantitative estimate of drug-likeness (QED) is 0.801. The van der Waals surface area contributed by atoms with Crippen LogP contribution in [0.5, 0.6) is 0 Å². The van der Waals surface area contributed by atoms with Gasteiger partial charge in [-0.15, -0.1) is 0 Å². The molecule has 2 amide bonds. The van der Waals surface area contributed by atoms with E-state index in [0.29, 0.717) is 11.6 Å². The van der Waals surface area contributed by atoms with E-state index in [2.05, 4.69) is 39.6 Å². The molecule has 0 aliphatic carbocycles. The van der Waals surface area contributed by atoms with Crippen molar-refractivity contribution in [1.29, 1.82) is 0 Å². The Labute approximate surface area is 166 Å². The van der Waals surface area contributed by atoms with Gasteiger partial charge in [-0.25, -0.2) is 4.79 Å². The number of likely N-dealkylation sites (N-methyl/N-ethyl adjacent to an activating group) is 1. The summed E-state index contributed by atoms with van der Waals surface area (Å²) in [5.74, 6) is 0. The monoisotopic (exact) mass is 386 g/mol. The van der Waals surface area contributed by atoms with E-state index in [-0.39, 0.29) is 12.1 Å². The summed E-state index contributed by atoms with van der Waals surface area (Å²) in [7, 11) is 2.15. The van der Waals surface area contributed by atoms with Gasteiger partial charge in [-0.3, -0.25) is 4.90 Å². The maximum absolute atomic E-state index is 12.5. The number of carbonyl (C=O) groups is 1. The Morgan fingerprint density at radius 2 is 1.70 bits per heavy atom. The van der Waals surface area contributed by atoms with Crippen LogP contribution in [0.1, 0.15) is 17.2 Å². The normalized spacial score (nSPS) is 16.7. The molecule has 0 aromatic heterocycles. The Kier molecular flexibility index (Phi) is 7.10. The van der Waals surface area contributed by atoms with Crippen LogP contribution in [-0.2, 0) is 6.54 Å². The number of nitrogens with zero attached hydrogens (tertiary/aromatic N) is 2. The van der Waals surface area contributed by atoms with Crippen LogP contribution in [0.25, 0.3) is 0 Å². The van der Waals surface area contributed by atoms with Gasteiger partial charge in [-0.2, -0.15) is 0 Å².